The van der Waals surface area contributed by atoms with E-state index < -0.39 is 24.8 Å². The van der Waals surface area contributed by atoms with E-state index in [-0.39, 0.29) is 18.6 Å². The molecule has 0 heterocycles. The number of hydrogen-bond donors (Lipinski definition) is 2. The molecule has 0 spiro atoms. The molecule has 0 aliphatic carbocycles. The molecule has 0 aromatic rings. The highest BCUT2D eigenvalue weighted by Crippen LogP contribution is 2.15. The van der Waals surface area contributed by atoms with E-state index in [2.05, 4.69) is 13.8 Å². The molecule has 0 fully saturated rings. The van der Waals surface area contributed by atoms with Crippen molar-refractivity contribution in [3.8, 4) is 0 Å². The van der Waals surface area contributed by atoms with Gasteiger partial charge in [-0.3, -0.25) is 9.59 Å². The maximum Gasteiger partial charge on any atom is 0.306 e. The van der Waals surface area contributed by atoms with E-state index >= 15 is 0 Å². The lowest BCUT2D eigenvalue weighted by atomic mass is 10.0. The van der Waals surface area contributed by atoms with Crippen molar-refractivity contribution in [2.24, 2.45) is 0 Å². The molecule has 2 unspecified atom stereocenters. The van der Waals surface area contributed by atoms with Gasteiger partial charge in [0.15, 0.2) is 18.0 Å². The number of hydrogen-bond acceptors (Lipinski definition) is 5. The van der Waals surface area contributed by atoms with Crippen LogP contribution in [0.25, 0.3) is 0 Å². The van der Waals surface area contributed by atoms with Gasteiger partial charge < -0.3 is 14.9 Å². The van der Waals surface area contributed by atoms with Crippen LogP contribution in [0, 0.1) is 0 Å². The standard InChI is InChI=1S/C29H56O5/c1-3-5-7-9-10-11-12-13-14-15-16-17-18-20-22-24-28(32)34-27(25-30)29(33)26(31)23-21-19-8-6-4-2/h27,29-30,33H,3-25H2,1-2H3. The van der Waals surface area contributed by atoms with Crippen LogP contribution in [0.2, 0.25) is 0 Å². The maximum absolute atomic E-state index is 12.1. The normalized spacial score (nSPS) is 13.1. The molecule has 0 radical (unpaired) electrons. The van der Waals surface area contributed by atoms with Gasteiger partial charge in [0, 0.05) is 12.8 Å². The topological polar surface area (TPSA) is 83.8 Å². The van der Waals surface area contributed by atoms with Gasteiger partial charge in [0.2, 0.25) is 0 Å². The minimum Gasteiger partial charge on any atom is -0.457 e. The molecule has 0 saturated carbocycles. The van der Waals surface area contributed by atoms with E-state index in [4.69, 9.17) is 4.74 Å². The third kappa shape index (κ3) is 20.4. The number of aliphatic hydroxyl groups is 2. The predicted octanol–water partition coefficient (Wildman–Crippen LogP) is 7.44. The second-order valence-corrected chi connectivity index (χ2v) is 9.99. The Labute approximate surface area is 210 Å². The highest BCUT2D eigenvalue weighted by molar-refractivity contribution is 5.83. The van der Waals surface area contributed by atoms with E-state index in [1.165, 1.54) is 77.0 Å². The Morgan fingerprint density at radius 3 is 1.32 bits per heavy atom. The average molecular weight is 485 g/mol. The van der Waals surface area contributed by atoms with Gasteiger partial charge in [0.25, 0.3) is 0 Å². The van der Waals surface area contributed by atoms with E-state index in [1.807, 2.05) is 0 Å². The number of carbonyl (C=O) groups is 2. The second-order valence-electron chi connectivity index (χ2n) is 9.99. The third-order valence-corrected chi connectivity index (χ3v) is 6.66. The van der Waals surface area contributed by atoms with Gasteiger partial charge in [-0.2, -0.15) is 0 Å². The molecule has 5 heteroatoms. The summed E-state index contributed by atoms with van der Waals surface area (Å²) in [4.78, 5) is 24.2. The molecule has 5 nitrogen and oxygen atoms in total. The summed E-state index contributed by atoms with van der Waals surface area (Å²) in [5, 5.41) is 19.6. The summed E-state index contributed by atoms with van der Waals surface area (Å²) in [6, 6.07) is 0. The van der Waals surface area contributed by atoms with Crippen LogP contribution in [0.15, 0.2) is 0 Å². The van der Waals surface area contributed by atoms with Crippen LogP contribution >= 0.6 is 0 Å². The highest BCUT2D eigenvalue weighted by atomic mass is 16.6. The first-order chi connectivity index (χ1) is 16.6. The van der Waals surface area contributed by atoms with Gasteiger partial charge in [-0.1, -0.05) is 129 Å². The Balaban J connectivity index is 3.65. The summed E-state index contributed by atoms with van der Waals surface area (Å²) in [5.41, 5.74) is 0. The summed E-state index contributed by atoms with van der Waals surface area (Å²) >= 11 is 0. The fourth-order valence-electron chi connectivity index (χ4n) is 4.33. The second kappa shape index (κ2) is 25.2. The quantitative estimate of drug-likeness (QED) is 0.0984. The zero-order valence-electron chi connectivity index (χ0n) is 22.5. The molecule has 0 aliphatic rings. The summed E-state index contributed by atoms with van der Waals surface area (Å²) in [6.45, 7) is 3.86. The summed E-state index contributed by atoms with van der Waals surface area (Å²) < 4.78 is 5.19. The van der Waals surface area contributed by atoms with Crippen molar-refractivity contribution in [2.45, 2.75) is 167 Å². The zero-order chi connectivity index (χ0) is 25.3. The molecule has 0 aromatic heterocycles. The smallest absolute Gasteiger partial charge is 0.306 e. The SMILES string of the molecule is CCCCCCCCCCCCCCCCCC(=O)OC(CO)C(O)C(=O)CCCCCCC. The summed E-state index contributed by atoms with van der Waals surface area (Å²) in [5.74, 6) is -0.793. The number of ether oxygens (including phenoxy) is 1. The number of unbranched alkanes of at least 4 members (excludes halogenated alkanes) is 18. The lowest BCUT2D eigenvalue weighted by molar-refractivity contribution is -0.161. The number of esters is 1. The lowest BCUT2D eigenvalue weighted by Crippen LogP contribution is -2.40. The first-order valence-corrected chi connectivity index (χ1v) is 14.6. The van der Waals surface area contributed by atoms with Gasteiger partial charge in [-0.25, -0.2) is 0 Å². The van der Waals surface area contributed by atoms with Crippen molar-refractivity contribution >= 4 is 11.8 Å². The first kappa shape index (κ1) is 33.1. The first-order valence-electron chi connectivity index (χ1n) is 14.6. The number of rotatable bonds is 26. The summed E-state index contributed by atoms with van der Waals surface area (Å²) in [7, 11) is 0. The van der Waals surface area contributed by atoms with Crippen LogP contribution in [0.3, 0.4) is 0 Å². The van der Waals surface area contributed by atoms with Crippen molar-refractivity contribution in [1.82, 2.24) is 0 Å². The molecule has 0 aliphatic heterocycles. The van der Waals surface area contributed by atoms with Gasteiger partial charge in [-0.05, 0) is 12.8 Å². The third-order valence-electron chi connectivity index (χ3n) is 6.66. The van der Waals surface area contributed by atoms with E-state index in [1.54, 1.807) is 0 Å². The Bertz CT molecular complexity index is 465. The molecule has 0 rings (SSSR count). The van der Waals surface area contributed by atoms with Crippen LogP contribution in [0.4, 0.5) is 0 Å². The molecular formula is C29H56O5. The van der Waals surface area contributed by atoms with Gasteiger partial charge in [0.05, 0.1) is 6.61 Å². The van der Waals surface area contributed by atoms with Crippen LogP contribution in [0.5, 0.6) is 0 Å². The van der Waals surface area contributed by atoms with Crippen molar-refractivity contribution in [3.63, 3.8) is 0 Å². The van der Waals surface area contributed by atoms with Crippen LogP contribution < -0.4 is 0 Å². The number of carbonyl (C=O) groups excluding carboxylic acids is 2. The van der Waals surface area contributed by atoms with Crippen molar-refractivity contribution in [1.29, 1.82) is 0 Å². The van der Waals surface area contributed by atoms with Crippen LogP contribution in [-0.4, -0.2) is 40.8 Å². The Morgan fingerprint density at radius 1 is 0.588 bits per heavy atom. The average Bonchev–Trinajstić information content (AvgIpc) is 2.84. The fourth-order valence-corrected chi connectivity index (χ4v) is 4.33. The molecule has 34 heavy (non-hydrogen) atoms. The molecule has 0 bridgehead atoms. The molecule has 0 saturated heterocycles. The Hall–Kier alpha value is -0.940. The lowest BCUT2D eigenvalue weighted by Gasteiger charge is -2.20. The molecular weight excluding hydrogens is 428 g/mol. The molecule has 2 atom stereocenters. The molecule has 2 N–H and O–H groups in total. The minimum absolute atomic E-state index is 0.262. The van der Waals surface area contributed by atoms with Crippen LogP contribution in [0.1, 0.15) is 155 Å². The van der Waals surface area contributed by atoms with Crippen molar-refractivity contribution in [3.05, 3.63) is 0 Å². The zero-order valence-corrected chi connectivity index (χ0v) is 22.5. The van der Waals surface area contributed by atoms with Crippen LogP contribution in [-0.2, 0) is 14.3 Å². The van der Waals surface area contributed by atoms with Crippen molar-refractivity contribution < 1.29 is 24.5 Å². The van der Waals surface area contributed by atoms with Gasteiger partial charge >= 0.3 is 5.97 Å². The van der Waals surface area contributed by atoms with Gasteiger partial charge in [0.1, 0.15) is 0 Å². The predicted molar refractivity (Wildman–Crippen MR) is 141 cm³/mol. The van der Waals surface area contributed by atoms with E-state index in [0.717, 1.165) is 51.4 Å². The molecule has 0 aromatic carbocycles. The van der Waals surface area contributed by atoms with E-state index in [9.17, 15) is 19.8 Å². The minimum atomic E-state index is -1.43. The molecule has 0 amide bonds. The monoisotopic (exact) mass is 484 g/mol. The van der Waals surface area contributed by atoms with E-state index in [0.29, 0.717) is 0 Å². The summed E-state index contributed by atoms with van der Waals surface area (Å²) in [6.07, 6.45) is 22.0. The number of Topliss-reactive ketones (excluding diaryl/α,β-unsaturated/α-hetero) is 1. The Morgan fingerprint density at radius 2 is 0.941 bits per heavy atom. The highest BCUT2D eigenvalue weighted by Gasteiger charge is 2.28. The Kier molecular flexibility index (Phi) is 24.5. The van der Waals surface area contributed by atoms with Crippen molar-refractivity contribution in [2.75, 3.05) is 6.61 Å². The molecule has 202 valence electrons. The number of aliphatic hydroxyl groups excluding tert-OH is 2. The fraction of sp³-hybridized carbons (Fsp3) is 0.931. The van der Waals surface area contributed by atoms with Gasteiger partial charge in [-0.15, -0.1) is 0 Å². The largest absolute Gasteiger partial charge is 0.457 e. The number of ketones is 1. The maximum atomic E-state index is 12.1.